The lowest BCUT2D eigenvalue weighted by molar-refractivity contribution is -0.178. The molecule has 2 rings (SSSR count). The molecule has 3 nitrogen and oxygen atoms in total. The zero-order valence-electron chi connectivity index (χ0n) is 12.6. The average Bonchev–Trinajstić information content (AvgIpc) is 2.86. The molecular formula is C15H29NO2S. The van der Waals surface area contributed by atoms with Gasteiger partial charge in [-0.05, 0) is 25.8 Å². The van der Waals surface area contributed by atoms with E-state index >= 15 is 0 Å². The summed E-state index contributed by atoms with van der Waals surface area (Å²) in [6, 6.07) is 0.623. The summed E-state index contributed by atoms with van der Waals surface area (Å²) in [4.78, 5) is 0. The summed E-state index contributed by atoms with van der Waals surface area (Å²) in [5.74, 6) is -0.254. The molecule has 1 heterocycles. The SMILES string of the molecule is CCCNC1CCC2(CC1SC(C)CC)OCCO2. The van der Waals surface area contributed by atoms with E-state index in [-0.39, 0.29) is 5.79 Å². The highest BCUT2D eigenvalue weighted by Crippen LogP contribution is 2.41. The first-order valence-electron chi connectivity index (χ1n) is 7.86. The lowest BCUT2D eigenvalue weighted by Gasteiger charge is -2.42. The van der Waals surface area contributed by atoms with Crippen molar-refractivity contribution < 1.29 is 9.47 Å². The molecule has 19 heavy (non-hydrogen) atoms. The highest BCUT2D eigenvalue weighted by atomic mass is 32.2. The zero-order valence-corrected chi connectivity index (χ0v) is 13.4. The Morgan fingerprint density at radius 2 is 2.05 bits per heavy atom. The molecule has 1 aliphatic carbocycles. The van der Waals surface area contributed by atoms with Crippen LogP contribution in [-0.4, -0.2) is 42.1 Å². The van der Waals surface area contributed by atoms with E-state index in [0.29, 0.717) is 16.5 Å². The third-order valence-corrected chi connectivity index (χ3v) is 5.89. The number of rotatable bonds is 6. The molecule has 1 spiro atoms. The molecule has 0 aromatic rings. The Hall–Kier alpha value is 0.230. The van der Waals surface area contributed by atoms with Gasteiger partial charge in [-0.2, -0.15) is 11.8 Å². The van der Waals surface area contributed by atoms with Gasteiger partial charge in [-0.1, -0.05) is 20.8 Å². The molecule has 1 aliphatic heterocycles. The van der Waals surface area contributed by atoms with Crippen LogP contribution in [-0.2, 0) is 9.47 Å². The number of hydrogen-bond donors (Lipinski definition) is 1. The van der Waals surface area contributed by atoms with E-state index in [1.807, 2.05) is 0 Å². The Kier molecular flexibility index (Phi) is 6.00. The molecule has 2 fully saturated rings. The second-order valence-corrected chi connectivity index (χ2v) is 7.49. The van der Waals surface area contributed by atoms with Crippen LogP contribution in [0.2, 0.25) is 0 Å². The first-order valence-corrected chi connectivity index (χ1v) is 8.80. The summed E-state index contributed by atoms with van der Waals surface area (Å²) in [5.41, 5.74) is 0. The number of ether oxygens (including phenoxy) is 2. The van der Waals surface area contributed by atoms with E-state index in [1.54, 1.807) is 0 Å². The molecule has 3 unspecified atom stereocenters. The summed E-state index contributed by atoms with van der Waals surface area (Å²) in [6.07, 6.45) is 5.70. The third kappa shape index (κ3) is 4.10. The minimum absolute atomic E-state index is 0.254. The molecule has 0 amide bonds. The molecule has 2 aliphatic rings. The van der Waals surface area contributed by atoms with Gasteiger partial charge >= 0.3 is 0 Å². The van der Waals surface area contributed by atoms with Crippen LogP contribution in [0.5, 0.6) is 0 Å². The van der Waals surface area contributed by atoms with Gasteiger partial charge in [-0.3, -0.25) is 0 Å². The van der Waals surface area contributed by atoms with Crippen LogP contribution in [0, 0.1) is 0 Å². The quantitative estimate of drug-likeness (QED) is 0.813. The van der Waals surface area contributed by atoms with Gasteiger partial charge in [0.15, 0.2) is 5.79 Å². The van der Waals surface area contributed by atoms with Crippen molar-refractivity contribution in [3.8, 4) is 0 Å². The van der Waals surface area contributed by atoms with E-state index in [1.165, 1.54) is 19.3 Å². The van der Waals surface area contributed by atoms with E-state index < -0.39 is 0 Å². The summed E-state index contributed by atoms with van der Waals surface area (Å²) >= 11 is 2.12. The van der Waals surface area contributed by atoms with Crippen molar-refractivity contribution in [2.75, 3.05) is 19.8 Å². The Morgan fingerprint density at radius 1 is 1.32 bits per heavy atom. The fourth-order valence-electron chi connectivity index (χ4n) is 2.97. The van der Waals surface area contributed by atoms with Crippen LogP contribution in [0.25, 0.3) is 0 Å². The first kappa shape index (κ1) is 15.6. The van der Waals surface area contributed by atoms with Crippen LogP contribution in [0.3, 0.4) is 0 Å². The van der Waals surface area contributed by atoms with E-state index in [9.17, 15) is 0 Å². The summed E-state index contributed by atoms with van der Waals surface area (Å²) in [6.45, 7) is 9.50. The van der Waals surface area contributed by atoms with Crippen molar-refractivity contribution in [1.82, 2.24) is 5.32 Å². The Bertz CT molecular complexity index is 269. The van der Waals surface area contributed by atoms with Gasteiger partial charge in [0.05, 0.1) is 13.2 Å². The zero-order chi connectivity index (χ0) is 13.7. The monoisotopic (exact) mass is 287 g/mol. The highest BCUT2D eigenvalue weighted by molar-refractivity contribution is 8.00. The van der Waals surface area contributed by atoms with Crippen molar-refractivity contribution in [1.29, 1.82) is 0 Å². The molecule has 3 atom stereocenters. The maximum Gasteiger partial charge on any atom is 0.169 e. The number of nitrogens with one attached hydrogen (secondary N) is 1. The Balaban J connectivity index is 1.96. The second kappa shape index (κ2) is 7.30. The van der Waals surface area contributed by atoms with Crippen LogP contribution in [0.1, 0.15) is 52.9 Å². The smallest absolute Gasteiger partial charge is 0.169 e. The van der Waals surface area contributed by atoms with Crippen molar-refractivity contribution >= 4 is 11.8 Å². The number of thioether (sulfide) groups is 1. The predicted octanol–water partition coefficient (Wildman–Crippen LogP) is 3.18. The van der Waals surface area contributed by atoms with Gasteiger partial charge in [-0.25, -0.2) is 0 Å². The Labute approximate surface area is 122 Å². The number of hydrogen-bond acceptors (Lipinski definition) is 4. The molecule has 0 aromatic carbocycles. The van der Waals surface area contributed by atoms with E-state index in [2.05, 4.69) is 37.8 Å². The van der Waals surface area contributed by atoms with Gasteiger partial charge in [0, 0.05) is 29.4 Å². The maximum atomic E-state index is 5.92. The average molecular weight is 287 g/mol. The minimum Gasteiger partial charge on any atom is -0.347 e. The molecule has 112 valence electrons. The van der Waals surface area contributed by atoms with Gasteiger partial charge in [0.1, 0.15) is 0 Å². The molecular weight excluding hydrogens is 258 g/mol. The minimum atomic E-state index is -0.254. The van der Waals surface area contributed by atoms with Crippen LogP contribution in [0.15, 0.2) is 0 Å². The van der Waals surface area contributed by atoms with Crippen molar-refractivity contribution in [3.05, 3.63) is 0 Å². The highest BCUT2D eigenvalue weighted by Gasteiger charge is 2.45. The topological polar surface area (TPSA) is 30.5 Å². The summed E-state index contributed by atoms with van der Waals surface area (Å²) < 4.78 is 11.8. The predicted molar refractivity (Wildman–Crippen MR) is 81.7 cm³/mol. The first-order chi connectivity index (χ1) is 9.19. The fraction of sp³-hybridized carbons (Fsp3) is 1.00. The standard InChI is InChI=1S/C15H29NO2S/c1-4-8-16-13-6-7-15(17-9-10-18-15)11-14(13)19-12(3)5-2/h12-14,16H,4-11H2,1-3H3. The lowest BCUT2D eigenvalue weighted by atomic mass is 9.89. The van der Waals surface area contributed by atoms with Gasteiger partial charge < -0.3 is 14.8 Å². The molecule has 0 bridgehead atoms. The molecule has 0 aromatic heterocycles. The normalized spacial score (nSPS) is 31.7. The summed E-state index contributed by atoms with van der Waals surface area (Å²) in [5, 5.41) is 5.06. The molecule has 0 radical (unpaired) electrons. The van der Waals surface area contributed by atoms with Crippen molar-refractivity contribution in [2.24, 2.45) is 0 Å². The summed E-state index contributed by atoms with van der Waals surface area (Å²) in [7, 11) is 0. The van der Waals surface area contributed by atoms with Crippen molar-refractivity contribution in [2.45, 2.75) is 75.2 Å². The van der Waals surface area contributed by atoms with Crippen LogP contribution in [0.4, 0.5) is 0 Å². The maximum absolute atomic E-state index is 5.92. The molecule has 1 N–H and O–H groups in total. The van der Waals surface area contributed by atoms with E-state index in [4.69, 9.17) is 9.47 Å². The lowest BCUT2D eigenvalue weighted by Crippen LogP contribution is -2.50. The molecule has 4 heteroatoms. The molecule has 1 saturated carbocycles. The van der Waals surface area contributed by atoms with Crippen LogP contribution >= 0.6 is 11.8 Å². The van der Waals surface area contributed by atoms with Crippen LogP contribution < -0.4 is 5.32 Å². The fourth-order valence-corrected chi connectivity index (χ4v) is 4.53. The van der Waals surface area contributed by atoms with Crippen molar-refractivity contribution in [3.63, 3.8) is 0 Å². The van der Waals surface area contributed by atoms with Gasteiger partial charge in [0.2, 0.25) is 0 Å². The van der Waals surface area contributed by atoms with Gasteiger partial charge in [-0.15, -0.1) is 0 Å². The molecule has 1 saturated heterocycles. The Morgan fingerprint density at radius 3 is 2.68 bits per heavy atom. The van der Waals surface area contributed by atoms with Gasteiger partial charge in [0.25, 0.3) is 0 Å². The third-order valence-electron chi connectivity index (χ3n) is 4.25. The van der Waals surface area contributed by atoms with E-state index in [0.717, 1.165) is 32.6 Å². The second-order valence-electron chi connectivity index (χ2n) is 5.80. The largest absolute Gasteiger partial charge is 0.347 e.